The van der Waals surface area contributed by atoms with Gasteiger partial charge in [0.25, 0.3) is 0 Å². The highest BCUT2D eigenvalue weighted by Gasteiger charge is 2.27. The molecule has 1 amide bonds. The second-order valence-electron chi connectivity index (χ2n) is 4.45. The number of pyridine rings is 1. The fourth-order valence-corrected chi connectivity index (χ4v) is 2.18. The summed E-state index contributed by atoms with van der Waals surface area (Å²) in [5, 5.41) is 13.9. The number of amides is 1. The number of nitrogens with one attached hydrogen (secondary N) is 1. The van der Waals surface area contributed by atoms with Crippen molar-refractivity contribution in [2.45, 2.75) is 25.8 Å². The third kappa shape index (κ3) is 2.98. The molecule has 1 N–H and O–H groups in total. The molecule has 19 heavy (non-hydrogen) atoms. The van der Waals surface area contributed by atoms with Gasteiger partial charge in [0.2, 0.25) is 11.7 Å². The first-order valence-electron chi connectivity index (χ1n) is 6.25. The molecule has 102 valence electrons. The Labute approximate surface area is 110 Å². The summed E-state index contributed by atoms with van der Waals surface area (Å²) >= 11 is 0. The van der Waals surface area contributed by atoms with Gasteiger partial charge >= 0.3 is 5.69 Å². The van der Waals surface area contributed by atoms with E-state index in [0.717, 1.165) is 6.42 Å². The average Bonchev–Trinajstić information content (AvgIpc) is 2.86. The van der Waals surface area contributed by atoms with Crippen molar-refractivity contribution < 1.29 is 9.72 Å². The van der Waals surface area contributed by atoms with Crippen molar-refractivity contribution in [3.05, 3.63) is 28.4 Å². The molecule has 1 atom stereocenters. The molecule has 7 heteroatoms. The van der Waals surface area contributed by atoms with E-state index in [0.29, 0.717) is 19.5 Å². The Balaban J connectivity index is 2.03. The third-order valence-electron chi connectivity index (χ3n) is 3.17. The zero-order chi connectivity index (χ0) is 13.8. The van der Waals surface area contributed by atoms with E-state index in [4.69, 9.17) is 0 Å². The fourth-order valence-electron chi connectivity index (χ4n) is 2.18. The fraction of sp³-hybridized carbons (Fsp3) is 0.500. The second-order valence-corrected chi connectivity index (χ2v) is 4.45. The van der Waals surface area contributed by atoms with Crippen LogP contribution < -0.4 is 5.32 Å². The van der Waals surface area contributed by atoms with Crippen LogP contribution in [0.2, 0.25) is 0 Å². The molecule has 1 aliphatic rings. The van der Waals surface area contributed by atoms with Crippen LogP contribution in [0.3, 0.4) is 0 Å². The minimum absolute atomic E-state index is 0.0177. The SMILES string of the molecule is CCC(=O)N1CCC(Nc2ncccc2[N+](=O)[O-])C1. The van der Waals surface area contributed by atoms with Crippen LogP contribution in [0.25, 0.3) is 0 Å². The van der Waals surface area contributed by atoms with Crippen molar-refractivity contribution >= 4 is 17.4 Å². The number of aromatic nitrogens is 1. The number of nitro groups is 1. The largest absolute Gasteiger partial charge is 0.360 e. The Morgan fingerprint density at radius 1 is 1.68 bits per heavy atom. The van der Waals surface area contributed by atoms with Crippen LogP contribution in [0.1, 0.15) is 19.8 Å². The lowest BCUT2D eigenvalue weighted by Crippen LogP contribution is -2.31. The van der Waals surface area contributed by atoms with Crippen molar-refractivity contribution in [2.75, 3.05) is 18.4 Å². The Bertz CT molecular complexity index is 492. The summed E-state index contributed by atoms with van der Waals surface area (Å²) in [7, 11) is 0. The standard InChI is InChI=1S/C12H16N4O3/c1-2-11(17)15-7-5-9(8-15)14-12-10(16(18)19)4-3-6-13-12/h3-4,6,9H,2,5,7-8H2,1H3,(H,13,14). The van der Waals surface area contributed by atoms with Gasteiger partial charge in [-0.25, -0.2) is 4.98 Å². The summed E-state index contributed by atoms with van der Waals surface area (Å²) in [5.41, 5.74) is -0.0391. The number of anilines is 1. The first-order chi connectivity index (χ1) is 9.11. The Morgan fingerprint density at radius 2 is 2.47 bits per heavy atom. The number of carbonyl (C=O) groups excluding carboxylic acids is 1. The summed E-state index contributed by atoms with van der Waals surface area (Å²) in [5.74, 6) is 0.378. The van der Waals surface area contributed by atoms with Crippen LogP contribution in [-0.2, 0) is 4.79 Å². The molecule has 7 nitrogen and oxygen atoms in total. The number of carbonyl (C=O) groups is 1. The minimum Gasteiger partial charge on any atom is -0.360 e. The molecular formula is C12H16N4O3. The maximum atomic E-state index is 11.6. The topological polar surface area (TPSA) is 88.4 Å². The molecule has 0 bridgehead atoms. The van der Waals surface area contributed by atoms with E-state index in [-0.39, 0.29) is 23.5 Å². The number of likely N-dealkylation sites (tertiary alicyclic amines) is 1. The minimum atomic E-state index is -0.459. The van der Waals surface area contributed by atoms with Crippen LogP contribution in [0.4, 0.5) is 11.5 Å². The molecule has 1 aromatic heterocycles. The van der Waals surface area contributed by atoms with Crippen molar-refractivity contribution in [3.63, 3.8) is 0 Å². The molecule has 1 aromatic rings. The highest BCUT2D eigenvalue weighted by molar-refractivity contribution is 5.76. The van der Waals surface area contributed by atoms with Gasteiger partial charge in [-0.2, -0.15) is 0 Å². The summed E-state index contributed by atoms with van der Waals surface area (Å²) in [4.78, 5) is 27.7. The highest BCUT2D eigenvalue weighted by atomic mass is 16.6. The third-order valence-corrected chi connectivity index (χ3v) is 3.17. The number of hydrogen-bond acceptors (Lipinski definition) is 5. The van der Waals surface area contributed by atoms with Gasteiger partial charge in [0, 0.05) is 37.8 Å². The van der Waals surface area contributed by atoms with Gasteiger partial charge in [-0.1, -0.05) is 6.92 Å². The lowest BCUT2D eigenvalue weighted by Gasteiger charge is -2.16. The molecule has 1 saturated heterocycles. The molecule has 1 aliphatic heterocycles. The predicted molar refractivity (Wildman–Crippen MR) is 69.8 cm³/mol. The van der Waals surface area contributed by atoms with Crippen LogP contribution in [0.5, 0.6) is 0 Å². The lowest BCUT2D eigenvalue weighted by molar-refractivity contribution is -0.384. The molecule has 0 aliphatic carbocycles. The van der Waals surface area contributed by atoms with Gasteiger partial charge in [-0.15, -0.1) is 0 Å². The molecule has 0 aromatic carbocycles. The normalized spacial score (nSPS) is 18.4. The van der Waals surface area contributed by atoms with Crippen molar-refractivity contribution in [3.8, 4) is 0 Å². The molecule has 1 fully saturated rings. The number of nitrogens with zero attached hydrogens (tertiary/aromatic N) is 3. The Morgan fingerprint density at radius 3 is 3.16 bits per heavy atom. The van der Waals surface area contributed by atoms with Gasteiger partial charge in [0.15, 0.2) is 0 Å². The molecule has 1 unspecified atom stereocenters. The smallest absolute Gasteiger partial charge is 0.311 e. The van der Waals surface area contributed by atoms with Gasteiger partial charge < -0.3 is 10.2 Å². The molecule has 0 radical (unpaired) electrons. The summed E-state index contributed by atoms with van der Waals surface area (Å²) in [6.45, 7) is 3.08. The van der Waals surface area contributed by atoms with Gasteiger partial charge in [0.05, 0.1) is 4.92 Å². The zero-order valence-electron chi connectivity index (χ0n) is 10.7. The van der Waals surface area contributed by atoms with Crippen LogP contribution in [0.15, 0.2) is 18.3 Å². The van der Waals surface area contributed by atoms with E-state index in [1.165, 1.54) is 18.3 Å². The van der Waals surface area contributed by atoms with E-state index in [9.17, 15) is 14.9 Å². The first kappa shape index (κ1) is 13.3. The zero-order valence-corrected chi connectivity index (χ0v) is 10.7. The van der Waals surface area contributed by atoms with E-state index in [1.54, 1.807) is 4.90 Å². The summed E-state index contributed by atoms with van der Waals surface area (Å²) < 4.78 is 0. The average molecular weight is 264 g/mol. The second kappa shape index (κ2) is 5.64. The highest BCUT2D eigenvalue weighted by Crippen LogP contribution is 2.23. The summed E-state index contributed by atoms with van der Waals surface area (Å²) in [6, 6.07) is 2.97. The lowest BCUT2D eigenvalue weighted by atomic mass is 10.2. The molecule has 0 saturated carbocycles. The maximum absolute atomic E-state index is 11.6. The molecule has 0 spiro atoms. The Hall–Kier alpha value is -2.18. The van der Waals surface area contributed by atoms with Crippen molar-refractivity contribution in [1.29, 1.82) is 0 Å². The summed E-state index contributed by atoms with van der Waals surface area (Å²) in [6.07, 6.45) is 2.77. The monoisotopic (exact) mass is 264 g/mol. The maximum Gasteiger partial charge on any atom is 0.311 e. The van der Waals surface area contributed by atoms with Crippen molar-refractivity contribution in [1.82, 2.24) is 9.88 Å². The van der Waals surface area contributed by atoms with Crippen LogP contribution >= 0.6 is 0 Å². The van der Waals surface area contributed by atoms with E-state index >= 15 is 0 Å². The van der Waals surface area contributed by atoms with E-state index in [2.05, 4.69) is 10.3 Å². The van der Waals surface area contributed by atoms with Gasteiger partial charge in [-0.3, -0.25) is 14.9 Å². The van der Waals surface area contributed by atoms with Gasteiger partial charge in [-0.05, 0) is 12.5 Å². The molecular weight excluding hydrogens is 248 g/mol. The first-order valence-corrected chi connectivity index (χ1v) is 6.25. The van der Waals surface area contributed by atoms with Gasteiger partial charge in [0.1, 0.15) is 0 Å². The van der Waals surface area contributed by atoms with Crippen LogP contribution in [0, 0.1) is 10.1 Å². The predicted octanol–water partition coefficient (Wildman–Crippen LogP) is 1.41. The number of hydrogen-bond donors (Lipinski definition) is 1. The van der Waals surface area contributed by atoms with Crippen molar-refractivity contribution in [2.24, 2.45) is 0 Å². The molecule has 2 heterocycles. The number of rotatable bonds is 4. The molecule has 2 rings (SSSR count). The van der Waals surface area contributed by atoms with E-state index in [1.807, 2.05) is 6.92 Å². The van der Waals surface area contributed by atoms with E-state index < -0.39 is 4.92 Å². The quantitative estimate of drug-likeness (QED) is 0.656. The van der Waals surface area contributed by atoms with Crippen LogP contribution in [-0.4, -0.2) is 39.8 Å². The Kier molecular flexibility index (Phi) is 3.94.